The standard InChI is InChI=1S/C21H18F3N3O3/c1-12-6-7-27-19(25-12)10-20(26-21(27)28)29-11-13-2-5-18(17(24)8-13)30-14-3-4-15(22)16(23)9-14/h2-5,8-10,12,25H,6-7,11H2,1H3. The maximum Gasteiger partial charge on any atom is 0.352 e. The molecule has 9 heteroatoms. The molecule has 0 bridgehead atoms. The number of ether oxygens (including phenoxy) is 2. The quantitative estimate of drug-likeness (QED) is 0.673. The fourth-order valence-corrected chi connectivity index (χ4v) is 3.08. The molecule has 156 valence electrons. The van der Waals surface area contributed by atoms with E-state index in [1.54, 1.807) is 12.1 Å². The lowest BCUT2D eigenvalue weighted by Crippen LogP contribution is -2.34. The molecule has 2 aromatic carbocycles. The number of nitrogens with one attached hydrogen (secondary N) is 1. The summed E-state index contributed by atoms with van der Waals surface area (Å²) in [6.07, 6.45) is 0.826. The molecule has 1 aromatic heterocycles. The first-order chi connectivity index (χ1) is 14.4. The van der Waals surface area contributed by atoms with Crippen LogP contribution in [0.25, 0.3) is 0 Å². The number of halogens is 3. The first-order valence-electron chi connectivity index (χ1n) is 9.31. The second kappa shape index (κ2) is 8.10. The zero-order valence-corrected chi connectivity index (χ0v) is 16.0. The van der Waals surface area contributed by atoms with E-state index in [0.29, 0.717) is 17.9 Å². The van der Waals surface area contributed by atoms with Crippen molar-refractivity contribution < 1.29 is 22.6 Å². The van der Waals surface area contributed by atoms with Crippen LogP contribution in [0.3, 0.4) is 0 Å². The Bertz CT molecular complexity index is 1150. The number of benzene rings is 2. The Kier molecular flexibility index (Phi) is 5.35. The van der Waals surface area contributed by atoms with Crippen molar-refractivity contribution >= 4 is 5.82 Å². The van der Waals surface area contributed by atoms with Crippen molar-refractivity contribution in [3.63, 3.8) is 0 Å². The van der Waals surface area contributed by atoms with Gasteiger partial charge in [-0.25, -0.2) is 18.0 Å². The van der Waals surface area contributed by atoms with E-state index in [2.05, 4.69) is 10.3 Å². The molecule has 1 atom stereocenters. The molecular formula is C21H18F3N3O3. The smallest absolute Gasteiger partial charge is 0.352 e. The molecule has 1 N–H and O–H groups in total. The summed E-state index contributed by atoms with van der Waals surface area (Å²) in [6, 6.07) is 8.90. The lowest BCUT2D eigenvalue weighted by Gasteiger charge is -2.25. The Morgan fingerprint density at radius 2 is 1.93 bits per heavy atom. The van der Waals surface area contributed by atoms with Gasteiger partial charge in [0.25, 0.3) is 0 Å². The summed E-state index contributed by atoms with van der Waals surface area (Å²) in [7, 11) is 0. The highest BCUT2D eigenvalue weighted by atomic mass is 19.2. The molecule has 1 aliphatic rings. The number of hydrogen-bond acceptors (Lipinski definition) is 5. The SMILES string of the molecule is CC1CCn2c(cc(OCc3ccc(Oc4ccc(F)c(F)c4)c(F)c3)nc2=O)N1. The number of nitrogens with zero attached hydrogens (tertiary/aromatic N) is 2. The zero-order chi connectivity index (χ0) is 21.3. The van der Waals surface area contributed by atoms with Gasteiger partial charge in [-0.1, -0.05) is 6.07 Å². The number of anilines is 1. The molecule has 0 saturated carbocycles. The van der Waals surface area contributed by atoms with Crippen LogP contribution < -0.4 is 20.5 Å². The van der Waals surface area contributed by atoms with Crippen LogP contribution in [0.5, 0.6) is 17.4 Å². The average Bonchev–Trinajstić information content (AvgIpc) is 2.70. The van der Waals surface area contributed by atoms with E-state index < -0.39 is 23.1 Å². The molecular weight excluding hydrogens is 399 g/mol. The maximum atomic E-state index is 14.3. The fraction of sp³-hybridized carbons (Fsp3) is 0.238. The predicted octanol–water partition coefficient (Wildman–Crippen LogP) is 4.24. The van der Waals surface area contributed by atoms with Crippen molar-refractivity contribution in [1.82, 2.24) is 9.55 Å². The van der Waals surface area contributed by atoms with E-state index in [-0.39, 0.29) is 30.0 Å². The Hall–Kier alpha value is -3.49. The highest BCUT2D eigenvalue weighted by Gasteiger charge is 2.17. The van der Waals surface area contributed by atoms with E-state index in [0.717, 1.165) is 18.6 Å². The van der Waals surface area contributed by atoms with Gasteiger partial charge in [0.15, 0.2) is 23.2 Å². The molecule has 0 spiro atoms. The topological polar surface area (TPSA) is 65.4 Å². The van der Waals surface area contributed by atoms with E-state index in [4.69, 9.17) is 9.47 Å². The van der Waals surface area contributed by atoms with Crippen LogP contribution in [0.4, 0.5) is 19.0 Å². The molecule has 0 fully saturated rings. The van der Waals surface area contributed by atoms with Crippen LogP contribution in [0, 0.1) is 17.5 Å². The Labute approximate surface area is 169 Å². The molecule has 3 aromatic rings. The monoisotopic (exact) mass is 417 g/mol. The fourth-order valence-electron chi connectivity index (χ4n) is 3.08. The molecule has 0 aliphatic carbocycles. The summed E-state index contributed by atoms with van der Waals surface area (Å²) in [5.41, 5.74) is 0.0643. The molecule has 2 heterocycles. The van der Waals surface area contributed by atoms with Crippen molar-refractivity contribution in [2.45, 2.75) is 32.5 Å². The highest BCUT2D eigenvalue weighted by Crippen LogP contribution is 2.27. The molecule has 0 radical (unpaired) electrons. The van der Waals surface area contributed by atoms with E-state index >= 15 is 0 Å². The Morgan fingerprint density at radius 3 is 2.70 bits per heavy atom. The second-order valence-electron chi connectivity index (χ2n) is 6.98. The zero-order valence-electron chi connectivity index (χ0n) is 16.0. The highest BCUT2D eigenvalue weighted by molar-refractivity contribution is 5.41. The van der Waals surface area contributed by atoms with Gasteiger partial charge in [-0.05, 0) is 43.2 Å². The first-order valence-corrected chi connectivity index (χ1v) is 9.31. The largest absolute Gasteiger partial charge is 0.473 e. The summed E-state index contributed by atoms with van der Waals surface area (Å²) in [5.74, 6) is -2.22. The van der Waals surface area contributed by atoms with Gasteiger partial charge in [0.1, 0.15) is 18.2 Å². The number of aromatic nitrogens is 2. The maximum absolute atomic E-state index is 14.3. The van der Waals surface area contributed by atoms with Gasteiger partial charge in [0.05, 0.1) is 0 Å². The normalized spacial score (nSPS) is 15.3. The van der Waals surface area contributed by atoms with Gasteiger partial charge in [-0.15, -0.1) is 0 Å². The summed E-state index contributed by atoms with van der Waals surface area (Å²) in [4.78, 5) is 16.0. The minimum atomic E-state index is -1.09. The van der Waals surface area contributed by atoms with Crippen LogP contribution in [0.2, 0.25) is 0 Å². The molecule has 4 rings (SSSR count). The minimum absolute atomic E-state index is 0.0200. The molecule has 1 aliphatic heterocycles. The number of fused-ring (bicyclic) bond motifs is 1. The summed E-state index contributed by atoms with van der Waals surface area (Å²) in [5, 5.41) is 3.20. The number of rotatable bonds is 5. The third kappa shape index (κ3) is 4.24. The average molecular weight is 417 g/mol. The summed E-state index contributed by atoms with van der Waals surface area (Å²) in [6.45, 7) is 2.58. The van der Waals surface area contributed by atoms with Crippen molar-refractivity contribution in [2.24, 2.45) is 0 Å². The van der Waals surface area contributed by atoms with Crippen molar-refractivity contribution in [1.29, 1.82) is 0 Å². The van der Waals surface area contributed by atoms with Gasteiger partial charge in [-0.3, -0.25) is 4.57 Å². The molecule has 30 heavy (non-hydrogen) atoms. The molecule has 0 amide bonds. The lowest BCUT2D eigenvalue weighted by molar-refractivity contribution is 0.289. The summed E-state index contributed by atoms with van der Waals surface area (Å²) < 4.78 is 52.9. The molecule has 0 saturated heterocycles. The van der Waals surface area contributed by atoms with Gasteiger partial charge >= 0.3 is 5.69 Å². The van der Waals surface area contributed by atoms with Crippen LogP contribution in [0.1, 0.15) is 18.9 Å². The van der Waals surface area contributed by atoms with Gasteiger partial charge in [0, 0.05) is 24.7 Å². The summed E-state index contributed by atoms with van der Waals surface area (Å²) >= 11 is 0. The predicted molar refractivity (Wildman–Crippen MR) is 103 cm³/mol. The van der Waals surface area contributed by atoms with Crippen LogP contribution in [-0.2, 0) is 13.2 Å². The third-order valence-electron chi connectivity index (χ3n) is 4.67. The van der Waals surface area contributed by atoms with Gasteiger partial charge in [-0.2, -0.15) is 4.98 Å². The van der Waals surface area contributed by atoms with Crippen molar-refractivity contribution in [3.05, 3.63) is 76.0 Å². The first kappa shape index (κ1) is 19.8. The third-order valence-corrected chi connectivity index (χ3v) is 4.67. The van der Waals surface area contributed by atoms with Gasteiger partial charge < -0.3 is 14.8 Å². The number of hydrogen-bond donors (Lipinski definition) is 1. The van der Waals surface area contributed by atoms with Crippen LogP contribution >= 0.6 is 0 Å². The minimum Gasteiger partial charge on any atom is -0.473 e. The molecule has 6 nitrogen and oxygen atoms in total. The van der Waals surface area contributed by atoms with E-state index in [9.17, 15) is 18.0 Å². The van der Waals surface area contributed by atoms with Gasteiger partial charge in [0.2, 0.25) is 5.88 Å². The van der Waals surface area contributed by atoms with E-state index in [1.807, 2.05) is 6.92 Å². The van der Waals surface area contributed by atoms with Crippen molar-refractivity contribution in [2.75, 3.05) is 5.32 Å². The van der Waals surface area contributed by atoms with Crippen LogP contribution in [-0.4, -0.2) is 15.6 Å². The Balaban J connectivity index is 1.45. The molecule has 1 unspecified atom stereocenters. The Morgan fingerprint density at radius 1 is 1.10 bits per heavy atom. The van der Waals surface area contributed by atoms with Crippen LogP contribution in [0.15, 0.2) is 47.3 Å². The second-order valence-corrected chi connectivity index (χ2v) is 6.98. The van der Waals surface area contributed by atoms with Crippen molar-refractivity contribution in [3.8, 4) is 17.4 Å². The lowest BCUT2D eigenvalue weighted by atomic mass is 10.2. The van der Waals surface area contributed by atoms with E-state index in [1.165, 1.54) is 22.8 Å².